The van der Waals surface area contributed by atoms with E-state index in [1.54, 1.807) is 18.2 Å². The molecule has 1 aliphatic rings. The lowest BCUT2D eigenvalue weighted by molar-refractivity contribution is -0.384. The highest BCUT2D eigenvalue weighted by molar-refractivity contribution is 6.01. The first-order valence-corrected chi connectivity index (χ1v) is 7.67. The molecule has 0 heterocycles. The number of nitro benzene ring substituents is 1. The van der Waals surface area contributed by atoms with Gasteiger partial charge in [-0.25, -0.2) is 4.79 Å². The van der Waals surface area contributed by atoms with E-state index in [1.165, 1.54) is 24.4 Å². The molecule has 1 aromatic rings. The third-order valence-corrected chi connectivity index (χ3v) is 3.91. The summed E-state index contributed by atoms with van der Waals surface area (Å²) in [5, 5.41) is 23.0. The summed E-state index contributed by atoms with van der Waals surface area (Å²) < 4.78 is 0. The molecule has 0 spiro atoms. The Morgan fingerprint density at radius 3 is 2.76 bits per heavy atom. The number of aryl methyl sites for hydroxylation is 1. The Hall–Kier alpha value is -3.22. The van der Waals surface area contributed by atoms with E-state index in [-0.39, 0.29) is 23.2 Å². The molecule has 25 heavy (non-hydrogen) atoms. The predicted molar refractivity (Wildman–Crippen MR) is 95.5 cm³/mol. The molecule has 0 aliphatic heterocycles. The third kappa shape index (κ3) is 4.20. The van der Waals surface area contributed by atoms with Crippen molar-refractivity contribution in [2.24, 2.45) is 10.9 Å². The van der Waals surface area contributed by atoms with Crippen molar-refractivity contribution in [2.45, 2.75) is 19.9 Å². The van der Waals surface area contributed by atoms with E-state index in [0.29, 0.717) is 11.4 Å². The van der Waals surface area contributed by atoms with E-state index in [2.05, 4.69) is 16.9 Å². The zero-order chi connectivity index (χ0) is 18.6. The van der Waals surface area contributed by atoms with Crippen LogP contribution in [-0.2, 0) is 4.79 Å². The lowest BCUT2D eigenvalue weighted by atomic mass is 9.93. The number of hydrogen-bond acceptors (Lipinski definition) is 4. The summed E-state index contributed by atoms with van der Waals surface area (Å²) in [6, 6.07) is 4.27. The Bertz CT molecular complexity index is 809. The number of nitro groups is 1. The van der Waals surface area contributed by atoms with Crippen LogP contribution in [0.4, 0.5) is 5.69 Å². The van der Waals surface area contributed by atoms with Gasteiger partial charge in [0.2, 0.25) is 0 Å². The van der Waals surface area contributed by atoms with Gasteiger partial charge in [0.25, 0.3) is 5.69 Å². The minimum Gasteiger partial charge on any atom is -0.478 e. The van der Waals surface area contributed by atoms with E-state index in [0.717, 1.165) is 5.56 Å². The van der Waals surface area contributed by atoms with Crippen LogP contribution in [-0.4, -0.2) is 27.9 Å². The average molecular weight is 341 g/mol. The van der Waals surface area contributed by atoms with Gasteiger partial charge in [-0.2, -0.15) is 0 Å². The van der Waals surface area contributed by atoms with Crippen LogP contribution < -0.4 is 5.32 Å². The van der Waals surface area contributed by atoms with Gasteiger partial charge in [-0.15, -0.1) is 0 Å². The third-order valence-electron chi connectivity index (χ3n) is 3.91. The maximum Gasteiger partial charge on any atom is 0.335 e. The Morgan fingerprint density at radius 2 is 2.20 bits per heavy atom. The molecular formula is C18H19N3O4. The Balaban J connectivity index is 2.42. The molecule has 130 valence electrons. The molecule has 2 rings (SSSR count). The monoisotopic (exact) mass is 341 g/mol. The van der Waals surface area contributed by atoms with Gasteiger partial charge in [-0.1, -0.05) is 31.7 Å². The minimum atomic E-state index is -0.982. The zero-order valence-corrected chi connectivity index (χ0v) is 14.0. The Kier molecular flexibility index (Phi) is 5.49. The number of carboxylic acids is 1. The zero-order valence-electron chi connectivity index (χ0n) is 14.0. The molecule has 0 bridgehead atoms. The van der Waals surface area contributed by atoms with E-state index in [1.807, 2.05) is 13.8 Å². The number of non-ortho nitro benzene ring substituents is 1. The number of carboxylic acid groups (broad SMARTS) is 1. The standard InChI is InChI=1S/C18H19N3O4/c1-4-19-17(15-10-14(21(24)25)7-5-11(15)2)20-16-8-6-13(18(22)23)9-12(16)3/h4-10,12,16H,1H2,2-3H3,(H,19,20)(H,22,23). The van der Waals surface area contributed by atoms with Crippen molar-refractivity contribution < 1.29 is 14.8 Å². The predicted octanol–water partition coefficient (Wildman–Crippen LogP) is 2.97. The smallest absolute Gasteiger partial charge is 0.335 e. The second-order valence-corrected chi connectivity index (χ2v) is 5.72. The van der Waals surface area contributed by atoms with E-state index in [9.17, 15) is 14.9 Å². The van der Waals surface area contributed by atoms with Crippen LogP contribution in [0.15, 0.2) is 59.8 Å². The second kappa shape index (κ2) is 7.57. The number of aliphatic imine (C=N–C) groups is 1. The normalized spacial score (nSPS) is 19.9. The molecule has 1 aromatic carbocycles. The molecule has 0 saturated heterocycles. The molecule has 0 fully saturated rings. The van der Waals surface area contributed by atoms with Gasteiger partial charge in [-0.3, -0.25) is 15.1 Å². The van der Waals surface area contributed by atoms with Crippen molar-refractivity contribution in [3.63, 3.8) is 0 Å². The number of benzene rings is 1. The molecule has 0 aromatic heterocycles. The topological polar surface area (TPSA) is 105 Å². The van der Waals surface area contributed by atoms with Gasteiger partial charge in [0.1, 0.15) is 5.84 Å². The minimum absolute atomic E-state index is 0.0283. The highest BCUT2D eigenvalue weighted by Gasteiger charge is 2.21. The van der Waals surface area contributed by atoms with Crippen LogP contribution in [0, 0.1) is 23.0 Å². The van der Waals surface area contributed by atoms with Crippen molar-refractivity contribution in [2.75, 3.05) is 0 Å². The Labute approximate surface area is 145 Å². The summed E-state index contributed by atoms with van der Waals surface area (Å²) in [4.78, 5) is 26.3. The van der Waals surface area contributed by atoms with Crippen molar-refractivity contribution in [3.8, 4) is 0 Å². The number of nitrogens with zero attached hydrogens (tertiary/aromatic N) is 2. The maximum atomic E-state index is 11.1. The summed E-state index contributed by atoms with van der Waals surface area (Å²) in [7, 11) is 0. The highest BCUT2D eigenvalue weighted by atomic mass is 16.6. The number of aliphatic carboxylic acids is 1. The van der Waals surface area contributed by atoms with Crippen LogP contribution in [0.25, 0.3) is 0 Å². The molecular weight excluding hydrogens is 322 g/mol. The van der Waals surface area contributed by atoms with Crippen molar-refractivity contribution in [1.82, 2.24) is 5.32 Å². The fraction of sp³-hybridized carbons (Fsp3) is 0.222. The molecule has 7 heteroatoms. The van der Waals surface area contributed by atoms with Gasteiger partial charge in [0.05, 0.1) is 16.5 Å². The van der Waals surface area contributed by atoms with Crippen LogP contribution >= 0.6 is 0 Å². The van der Waals surface area contributed by atoms with Gasteiger partial charge in [-0.05, 0) is 24.8 Å². The SMILES string of the molecule is C=CNC(=NC1C=CC(C(=O)O)=CC1C)c1cc([N+](=O)[O-])ccc1C. The van der Waals surface area contributed by atoms with E-state index < -0.39 is 10.9 Å². The second-order valence-electron chi connectivity index (χ2n) is 5.72. The van der Waals surface area contributed by atoms with Crippen LogP contribution in [0.3, 0.4) is 0 Å². The summed E-state index contributed by atoms with van der Waals surface area (Å²) in [6.07, 6.45) is 6.32. The molecule has 0 radical (unpaired) electrons. The summed E-state index contributed by atoms with van der Waals surface area (Å²) in [6.45, 7) is 7.33. The number of carbonyl (C=O) groups is 1. The average Bonchev–Trinajstić information content (AvgIpc) is 2.56. The quantitative estimate of drug-likeness (QED) is 0.371. The molecule has 1 aliphatic carbocycles. The number of hydrogen-bond donors (Lipinski definition) is 2. The lowest BCUT2D eigenvalue weighted by Crippen LogP contribution is -2.25. The number of rotatable bonds is 5. The molecule has 7 nitrogen and oxygen atoms in total. The van der Waals surface area contributed by atoms with E-state index in [4.69, 9.17) is 5.11 Å². The van der Waals surface area contributed by atoms with Crippen molar-refractivity contribution in [3.05, 3.63) is 76.0 Å². The first-order valence-electron chi connectivity index (χ1n) is 7.67. The highest BCUT2D eigenvalue weighted by Crippen LogP contribution is 2.22. The summed E-state index contributed by atoms with van der Waals surface area (Å²) in [5.74, 6) is -0.661. The fourth-order valence-electron chi connectivity index (χ4n) is 2.53. The van der Waals surface area contributed by atoms with Crippen molar-refractivity contribution in [1.29, 1.82) is 0 Å². The largest absolute Gasteiger partial charge is 0.478 e. The van der Waals surface area contributed by atoms with Crippen LogP contribution in [0.2, 0.25) is 0 Å². The van der Waals surface area contributed by atoms with Gasteiger partial charge in [0, 0.05) is 23.6 Å². The van der Waals surface area contributed by atoms with Gasteiger partial charge >= 0.3 is 5.97 Å². The fourth-order valence-corrected chi connectivity index (χ4v) is 2.53. The van der Waals surface area contributed by atoms with E-state index >= 15 is 0 Å². The molecule has 2 unspecified atom stereocenters. The molecule has 0 saturated carbocycles. The van der Waals surface area contributed by atoms with Gasteiger partial charge in [0.15, 0.2) is 0 Å². The van der Waals surface area contributed by atoms with Crippen LogP contribution in [0.5, 0.6) is 0 Å². The maximum absolute atomic E-state index is 11.1. The first-order chi connectivity index (χ1) is 11.8. The molecule has 2 N–H and O–H groups in total. The van der Waals surface area contributed by atoms with Crippen LogP contribution in [0.1, 0.15) is 18.1 Å². The van der Waals surface area contributed by atoms with Crippen molar-refractivity contribution >= 4 is 17.5 Å². The van der Waals surface area contributed by atoms with Gasteiger partial charge < -0.3 is 10.4 Å². The number of amidine groups is 1. The molecule has 0 amide bonds. The Morgan fingerprint density at radius 1 is 1.48 bits per heavy atom. The molecule has 2 atom stereocenters. The lowest BCUT2D eigenvalue weighted by Gasteiger charge is -2.20. The first kappa shape index (κ1) is 18.1. The summed E-state index contributed by atoms with van der Waals surface area (Å²) >= 11 is 0. The summed E-state index contributed by atoms with van der Waals surface area (Å²) in [5.41, 5.74) is 1.62. The number of nitrogens with one attached hydrogen (secondary N) is 1.